The first-order valence-electron chi connectivity index (χ1n) is 9.39. The molecule has 148 valence electrons. The standard InChI is InChI=1S/C21H29ClN2S3/c1-15(26-19-13-16(14-25-19)27-23(4)5)17-7-6-8-18(22)20(17)24-11-9-21(2,3)10-12-24/h6-8,13-15H,9-12H2,1-5H3. The van der Waals surface area contributed by atoms with Gasteiger partial charge in [0.1, 0.15) is 0 Å². The fourth-order valence-electron chi connectivity index (χ4n) is 3.39. The predicted octanol–water partition coefficient (Wildman–Crippen LogP) is 7.45. The van der Waals surface area contributed by atoms with Gasteiger partial charge in [0.05, 0.1) is 14.9 Å². The third-order valence-corrected chi connectivity index (χ3v) is 8.54. The molecule has 3 rings (SSSR count). The Morgan fingerprint density at radius 3 is 2.59 bits per heavy atom. The smallest absolute Gasteiger partial charge is 0.0642 e. The summed E-state index contributed by atoms with van der Waals surface area (Å²) >= 11 is 12.2. The van der Waals surface area contributed by atoms with Gasteiger partial charge in [-0.05, 0) is 68.9 Å². The summed E-state index contributed by atoms with van der Waals surface area (Å²) in [6.07, 6.45) is 2.43. The van der Waals surface area contributed by atoms with Crippen molar-refractivity contribution < 1.29 is 0 Å². The number of rotatable bonds is 6. The van der Waals surface area contributed by atoms with Gasteiger partial charge in [0, 0.05) is 28.6 Å². The molecule has 1 aromatic carbocycles. The molecule has 2 heterocycles. The van der Waals surface area contributed by atoms with Gasteiger partial charge in [-0.25, -0.2) is 0 Å². The lowest BCUT2D eigenvalue weighted by molar-refractivity contribution is 0.279. The maximum absolute atomic E-state index is 6.69. The quantitative estimate of drug-likeness (QED) is 0.339. The summed E-state index contributed by atoms with van der Waals surface area (Å²) in [4.78, 5) is 3.81. The average Bonchev–Trinajstić information content (AvgIpc) is 3.01. The van der Waals surface area contributed by atoms with Crippen molar-refractivity contribution in [3.8, 4) is 0 Å². The SMILES string of the molecule is CC(Sc1cc(SN(C)C)cs1)c1cccc(Cl)c1N1CCC(C)(C)CC1. The molecule has 1 atom stereocenters. The number of thioether (sulfide) groups is 1. The minimum Gasteiger partial charge on any atom is -0.370 e. The summed E-state index contributed by atoms with van der Waals surface area (Å²) in [5.41, 5.74) is 3.03. The van der Waals surface area contributed by atoms with Gasteiger partial charge in [0.15, 0.2) is 0 Å². The molecule has 0 bridgehead atoms. The molecule has 27 heavy (non-hydrogen) atoms. The third-order valence-electron chi connectivity index (χ3n) is 5.02. The van der Waals surface area contributed by atoms with E-state index in [1.807, 2.05) is 29.2 Å². The van der Waals surface area contributed by atoms with Crippen molar-refractivity contribution in [2.45, 2.75) is 48.0 Å². The number of hydrogen-bond donors (Lipinski definition) is 0. The van der Waals surface area contributed by atoms with E-state index < -0.39 is 0 Å². The molecule has 1 saturated heterocycles. The van der Waals surface area contributed by atoms with Crippen LogP contribution < -0.4 is 4.90 Å². The van der Waals surface area contributed by atoms with Crippen LogP contribution in [-0.4, -0.2) is 31.5 Å². The first-order chi connectivity index (χ1) is 12.7. The summed E-state index contributed by atoms with van der Waals surface area (Å²) in [5, 5.41) is 3.49. The Morgan fingerprint density at radius 1 is 1.22 bits per heavy atom. The van der Waals surface area contributed by atoms with Crippen LogP contribution in [0.25, 0.3) is 0 Å². The molecule has 1 aliphatic heterocycles. The number of benzene rings is 1. The molecule has 1 fully saturated rings. The minimum absolute atomic E-state index is 0.365. The minimum atomic E-state index is 0.365. The molecular formula is C21H29ClN2S3. The molecule has 1 unspecified atom stereocenters. The fourth-order valence-corrected chi connectivity index (χ4v) is 6.90. The molecule has 0 N–H and O–H groups in total. The summed E-state index contributed by atoms with van der Waals surface area (Å²) < 4.78 is 3.49. The lowest BCUT2D eigenvalue weighted by atomic mass is 9.82. The largest absolute Gasteiger partial charge is 0.370 e. The van der Waals surface area contributed by atoms with E-state index in [1.165, 1.54) is 33.2 Å². The van der Waals surface area contributed by atoms with E-state index in [-0.39, 0.29) is 0 Å². The van der Waals surface area contributed by atoms with Crippen LogP contribution >= 0.6 is 46.6 Å². The molecule has 0 saturated carbocycles. The molecular weight excluding hydrogens is 412 g/mol. The lowest BCUT2D eigenvalue weighted by Gasteiger charge is -2.39. The Hall–Kier alpha value is -0.330. The zero-order valence-electron chi connectivity index (χ0n) is 16.8. The number of piperidine rings is 1. The van der Waals surface area contributed by atoms with Crippen molar-refractivity contribution in [1.82, 2.24) is 4.31 Å². The van der Waals surface area contributed by atoms with Gasteiger partial charge in [0.25, 0.3) is 0 Å². The van der Waals surface area contributed by atoms with E-state index in [2.05, 4.69) is 67.7 Å². The third kappa shape index (κ3) is 5.60. The van der Waals surface area contributed by atoms with E-state index >= 15 is 0 Å². The van der Waals surface area contributed by atoms with Gasteiger partial charge < -0.3 is 4.90 Å². The summed E-state index contributed by atoms with van der Waals surface area (Å²) in [5.74, 6) is 0. The van der Waals surface area contributed by atoms with Crippen molar-refractivity contribution in [1.29, 1.82) is 0 Å². The molecule has 0 amide bonds. The number of nitrogens with zero attached hydrogens (tertiary/aromatic N) is 2. The normalized spacial score (nSPS) is 18.1. The molecule has 2 aromatic rings. The van der Waals surface area contributed by atoms with Crippen LogP contribution in [0.4, 0.5) is 5.69 Å². The first-order valence-corrected chi connectivity index (χ1v) is 12.3. The summed E-state index contributed by atoms with van der Waals surface area (Å²) in [7, 11) is 4.16. The zero-order valence-corrected chi connectivity index (χ0v) is 20.0. The van der Waals surface area contributed by atoms with Crippen molar-refractivity contribution in [3.63, 3.8) is 0 Å². The molecule has 6 heteroatoms. The lowest BCUT2D eigenvalue weighted by Crippen LogP contribution is -2.38. The highest BCUT2D eigenvalue weighted by Gasteiger charge is 2.28. The van der Waals surface area contributed by atoms with Gasteiger partial charge in [-0.15, -0.1) is 23.1 Å². The number of thiophene rings is 1. The monoisotopic (exact) mass is 440 g/mol. The second-order valence-electron chi connectivity index (χ2n) is 8.09. The maximum atomic E-state index is 6.69. The fraction of sp³-hybridized carbons (Fsp3) is 0.524. The molecule has 2 nitrogen and oxygen atoms in total. The van der Waals surface area contributed by atoms with Crippen LogP contribution in [-0.2, 0) is 0 Å². The van der Waals surface area contributed by atoms with Crippen molar-refractivity contribution in [2.75, 3.05) is 32.1 Å². The number of hydrogen-bond acceptors (Lipinski definition) is 5. The second kappa shape index (κ2) is 9.00. The number of halogens is 1. The van der Waals surface area contributed by atoms with Crippen LogP contribution in [0.1, 0.15) is 44.4 Å². The molecule has 0 aliphatic carbocycles. The summed E-state index contributed by atoms with van der Waals surface area (Å²) in [6, 6.07) is 8.67. The Kier molecular flexibility index (Phi) is 7.12. The van der Waals surface area contributed by atoms with Crippen molar-refractivity contribution in [3.05, 3.63) is 40.2 Å². The van der Waals surface area contributed by atoms with Gasteiger partial charge in [-0.2, -0.15) is 0 Å². The Labute approximate surface area is 181 Å². The van der Waals surface area contributed by atoms with E-state index in [0.717, 1.165) is 18.1 Å². The predicted molar refractivity (Wildman–Crippen MR) is 125 cm³/mol. The maximum Gasteiger partial charge on any atom is 0.0642 e. The highest BCUT2D eigenvalue weighted by molar-refractivity contribution is 8.01. The molecule has 1 aromatic heterocycles. The highest BCUT2D eigenvalue weighted by Crippen LogP contribution is 2.46. The molecule has 0 radical (unpaired) electrons. The van der Waals surface area contributed by atoms with E-state index in [1.54, 1.807) is 11.9 Å². The number of para-hydroxylation sites is 1. The van der Waals surface area contributed by atoms with Gasteiger partial charge in [-0.3, -0.25) is 4.31 Å². The van der Waals surface area contributed by atoms with Crippen LogP contribution in [0.15, 0.2) is 38.8 Å². The van der Waals surface area contributed by atoms with Crippen LogP contribution in [0.5, 0.6) is 0 Å². The van der Waals surface area contributed by atoms with E-state index in [4.69, 9.17) is 11.6 Å². The average molecular weight is 441 g/mol. The van der Waals surface area contributed by atoms with Crippen LogP contribution in [0, 0.1) is 5.41 Å². The summed E-state index contributed by atoms with van der Waals surface area (Å²) in [6.45, 7) is 9.21. The molecule has 1 aliphatic rings. The van der Waals surface area contributed by atoms with E-state index in [9.17, 15) is 0 Å². The Bertz CT molecular complexity index is 763. The van der Waals surface area contributed by atoms with Crippen molar-refractivity contribution in [2.24, 2.45) is 5.41 Å². The van der Waals surface area contributed by atoms with Gasteiger partial charge in [-0.1, -0.05) is 37.6 Å². The highest BCUT2D eigenvalue weighted by atomic mass is 35.5. The zero-order chi connectivity index (χ0) is 19.6. The first kappa shape index (κ1) is 21.4. The second-order valence-corrected chi connectivity index (χ2v) is 12.4. The van der Waals surface area contributed by atoms with E-state index in [0.29, 0.717) is 10.7 Å². The van der Waals surface area contributed by atoms with Gasteiger partial charge in [0.2, 0.25) is 0 Å². The topological polar surface area (TPSA) is 6.48 Å². The van der Waals surface area contributed by atoms with Crippen molar-refractivity contribution >= 4 is 52.3 Å². The number of anilines is 1. The van der Waals surface area contributed by atoms with Gasteiger partial charge >= 0.3 is 0 Å². The Morgan fingerprint density at radius 2 is 1.93 bits per heavy atom. The van der Waals surface area contributed by atoms with Crippen LogP contribution in [0.2, 0.25) is 5.02 Å². The molecule has 0 spiro atoms. The Balaban J connectivity index is 1.78. The van der Waals surface area contributed by atoms with Crippen LogP contribution in [0.3, 0.4) is 0 Å².